The van der Waals surface area contributed by atoms with E-state index in [1.54, 1.807) is 6.07 Å². The predicted octanol–water partition coefficient (Wildman–Crippen LogP) is 2.74. The first-order valence-electron chi connectivity index (χ1n) is 6.22. The number of nitriles is 1. The van der Waals surface area contributed by atoms with Crippen LogP contribution in [0.15, 0.2) is 18.2 Å². The summed E-state index contributed by atoms with van der Waals surface area (Å²) in [6.07, 6.45) is -5.08. The van der Waals surface area contributed by atoms with Crippen molar-refractivity contribution in [1.29, 1.82) is 5.26 Å². The smallest absolute Gasteiger partial charge is 0.212 e. The molecule has 0 aliphatic carbocycles. The van der Waals surface area contributed by atoms with Crippen molar-refractivity contribution in [2.45, 2.75) is 25.3 Å². The summed E-state index contributed by atoms with van der Waals surface area (Å²) in [6.45, 7) is -0.755. The van der Waals surface area contributed by atoms with Crippen LogP contribution in [0.4, 0.5) is 17.6 Å². The lowest BCUT2D eigenvalue weighted by Crippen LogP contribution is -2.40. The summed E-state index contributed by atoms with van der Waals surface area (Å²) in [5, 5.41) is 8.43. The quantitative estimate of drug-likeness (QED) is 0.749. The van der Waals surface area contributed by atoms with Gasteiger partial charge in [-0.1, -0.05) is 12.1 Å². The number of rotatable bonds is 6. The Morgan fingerprint density at radius 2 is 1.95 bits per heavy atom. The number of halogens is 4. The van der Waals surface area contributed by atoms with Crippen LogP contribution in [0.2, 0.25) is 0 Å². The predicted molar refractivity (Wildman–Crippen MR) is 71.6 cm³/mol. The van der Waals surface area contributed by atoms with Gasteiger partial charge in [0.2, 0.25) is 10.0 Å². The highest BCUT2D eigenvalue weighted by Crippen LogP contribution is 2.21. The Balaban J connectivity index is 3.00. The van der Waals surface area contributed by atoms with Gasteiger partial charge in [0.05, 0.1) is 11.8 Å². The molecule has 0 aromatic heterocycles. The molecule has 4 nitrogen and oxygen atoms in total. The third-order valence-electron chi connectivity index (χ3n) is 2.81. The molecule has 22 heavy (non-hydrogen) atoms. The Labute approximate surface area is 126 Å². The van der Waals surface area contributed by atoms with E-state index in [-0.39, 0.29) is 16.3 Å². The standard InChI is InChI=1S/C13H14F4N2O2S/c1-10-3-4-11(7-12(10)14)8-22(20,21)19(6-2-5-18)9-13(15,16)17/h3-4,7H,2,6,8-9H2,1H3. The molecule has 9 heteroatoms. The van der Waals surface area contributed by atoms with E-state index in [1.807, 2.05) is 0 Å². The Hall–Kier alpha value is -1.66. The highest BCUT2D eigenvalue weighted by molar-refractivity contribution is 7.88. The van der Waals surface area contributed by atoms with Crippen LogP contribution in [0, 0.1) is 24.1 Å². The van der Waals surface area contributed by atoms with Crippen molar-refractivity contribution < 1.29 is 26.0 Å². The topological polar surface area (TPSA) is 61.2 Å². The molecular formula is C13H14F4N2O2S. The van der Waals surface area contributed by atoms with E-state index in [0.717, 1.165) is 6.07 Å². The largest absolute Gasteiger partial charge is 0.402 e. The monoisotopic (exact) mass is 338 g/mol. The fourth-order valence-corrected chi connectivity index (χ4v) is 3.22. The Morgan fingerprint density at radius 3 is 2.45 bits per heavy atom. The molecule has 1 rings (SSSR count). The van der Waals surface area contributed by atoms with Crippen LogP contribution in [0.25, 0.3) is 0 Å². The van der Waals surface area contributed by atoms with Crippen LogP contribution >= 0.6 is 0 Å². The molecule has 0 N–H and O–H groups in total. The number of benzene rings is 1. The van der Waals surface area contributed by atoms with Gasteiger partial charge in [0, 0.05) is 13.0 Å². The fourth-order valence-electron chi connectivity index (χ4n) is 1.72. The lowest BCUT2D eigenvalue weighted by molar-refractivity contribution is -0.136. The van der Waals surface area contributed by atoms with Gasteiger partial charge < -0.3 is 0 Å². The lowest BCUT2D eigenvalue weighted by Gasteiger charge is -2.22. The molecule has 0 atom stereocenters. The zero-order valence-electron chi connectivity index (χ0n) is 11.7. The second kappa shape index (κ2) is 7.07. The third kappa shape index (κ3) is 5.61. The first kappa shape index (κ1) is 18.4. The normalized spacial score (nSPS) is 12.4. The van der Waals surface area contributed by atoms with Crippen LogP contribution in [-0.2, 0) is 15.8 Å². The second-order valence-corrected chi connectivity index (χ2v) is 6.67. The van der Waals surface area contributed by atoms with E-state index in [0.29, 0.717) is 5.56 Å². The second-order valence-electron chi connectivity index (χ2n) is 4.70. The minimum Gasteiger partial charge on any atom is -0.212 e. The van der Waals surface area contributed by atoms with Crippen molar-refractivity contribution in [3.8, 4) is 6.07 Å². The highest BCUT2D eigenvalue weighted by Gasteiger charge is 2.36. The number of aryl methyl sites for hydroxylation is 1. The van der Waals surface area contributed by atoms with E-state index >= 15 is 0 Å². The minimum atomic E-state index is -4.72. The summed E-state index contributed by atoms with van der Waals surface area (Å²) in [5.41, 5.74) is 0.352. The van der Waals surface area contributed by atoms with Gasteiger partial charge in [-0.15, -0.1) is 0 Å². The maximum absolute atomic E-state index is 13.4. The number of sulfonamides is 1. The molecule has 1 aromatic rings. The van der Waals surface area contributed by atoms with Crippen molar-refractivity contribution in [3.63, 3.8) is 0 Å². The number of hydrogen-bond acceptors (Lipinski definition) is 3. The van der Waals surface area contributed by atoms with Crippen molar-refractivity contribution in [3.05, 3.63) is 35.1 Å². The van der Waals surface area contributed by atoms with Crippen LogP contribution in [0.5, 0.6) is 0 Å². The van der Waals surface area contributed by atoms with Gasteiger partial charge in [-0.2, -0.15) is 22.7 Å². The number of alkyl halides is 3. The average Bonchev–Trinajstić information content (AvgIpc) is 2.37. The highest BCUT2D eigenvalue weighted by atomic mass is 32.2. The first-order chi connectivity index (χ1) is 10.0. The lowest BCUT2D eigenvalue weighted by atomic mass is 10.2. The molecular weight excluding hydrogens is 324 g/mol. The Bertz CT molecular complexity index is 666. The average molecular weight is 338 g/mol. The molecule has 0 heterocycles. The van der Waals surface area contributed by atoms with Crippen molar-refractivity contribution in [2.75, 3.05) is 13.1 Å². The summed E-state index contributed by atoms with van der Waals surface area (Å²) in [4.78, 5) is 0. The molecule has 0 spiro atoms. The maximum atomic E-state index is 13.4. The first-order valence-corrected chi connectivity index (χ1v) is 7.82. The van der Waals surface area contributed by atoms with Gasteiger partial charge in [0.1, 0.15) is 12.4 Å². The van der Waals surface area contributed by atoms with Crippen molar-refractivity contribution in [1.82, 2.24) is 4.31 Å². The molecule has 0 aliphatic rings. The van der Waals surface area contributed by atoms with E-state index in [4.69, 9.17) is 5.26 Å². The molecule has 0 unspecified atom stereocenters. The fraction of sp³-hybridized carbons (Fsp3) is 0.462. The third-order valence-corrected chi connectivity index (χ3v) is 4.60. The molecule has 0 bridgehead atoms. The van der Waals surface area contributed by atoms with E-state index in [1.165, 1.54) is 19.1 Å². The van der Waals surface area contributed by atoms with Gasteiger partial charge in [0.25, 0.3) is 0 Å². The molecule has 122 valence electrons. The van der Waals surface area contributed by atoms with Crippen LogP contribution in [-0.4, -0.2) is 32.0 Å². The molecule has 0 amide bonds. The molecule has 0 radical (unpaired) electrons. The number of hydrogen-bond donors (Lipinski definition) is 0. The van der Waals surface area contributed by atoms with Gasteiger partial charge >= 0.3 is 6.18 Å². The molecule has 0 saturated heterocycles. The molecule has 0 fully saturated rings. The summed E-state index contributed by atoms with van der Waals surface area (Å²) in [5.74, 6) is -1.39. The van der Waals surface area contributed by atoms with Crippen molar-refractivity contribution >= 4 is 10.0 Å². The van der Waals surface area contributed by atoms with E-state index in [9.17, 15) is 26.0 Å². The zero-order chi connectivity index (χ0) is 17.0. The summed E-state index contributed by atoms with van der Waals surface area (Å²) in [7, 11) is -4.31. The van der Waals surface area contributed by atoms with Crippen LogP contribution < -0.4 is 0 Å². The summed E-state index contributed by atoms with van der Waals surface area (Å²) in [6, 6.07) is 5.27. The van der Waals surface area contributed by atoms with Crippen molar-refractivity contribution in [2.24, 2.45) is 0 Å². The summed E-state index contributed by atoms with van der Waals surface area (Å²) >= 11 is 0. The van der Waals surface area contributed by atoms with Gasteiger partial charge in [-0.25, -0.2) is 12.8 Å². The molecule has 0 aliphatic heterocycles. The van der Waals surface area contributed by atoms with Crippen LogP contribution in [0.1, 0.15) is 17.5 Å². The summed E-state index contributed by atoms with van der Waals surface area (Å²) < 4.78 is 75.2. The van der Waals surface area contributed by atoms with E-state index < -0.39 is 40.9 Å². The van der Waals surface area contributed by atoms with E-state index in [2.05, 4.69) is 0 Å². The SMILES string of the molecule is Cc1ccc(CS(=O)(=O)N(CCC#N)CC(F)(F)F)cc1F. The number of nitrogens with zero attached hydrogens (tertiary/aromatic N) is 2. The zero-order valence-corrected chi connectivity index (χ0v) is 12.5. The minimum absolute atomic E-state index is 0.0484. The van der Waals surface area contributed by atoms with Gasteiger partial charge in [-0.05, 0) is 24.1 Å². The van der Waals surface area contributed by atoms with Crippen LogP contribution in [0.3, 0.4) is 0 Å². The molecule has 0 saturated carbocycles. The Kier molecular flexibility index (Phi) is 5.91. The maximum Gasteiger partial charge on any atom is 0.402 e. The Morgan fingerprint density at radius 1 is 1.32 bits per heavy atom. The molecule has 1 aromatic carbocycles. The van der Waals surface area contributed by atoms with Gasteiger partial charge in [0.15, 0.2) is 0 Å². The van der Waals surface area contributed by atoms with Gasteiger partial charge in [-0.3, -0.25) is 0 Å².